The molecule has 2 fully saturated rings. The van der Waals surface area contributed by atoms with E-state index in [0.717, 1.165) is 29.9 Å². The Bertz CT molecular complexity index is 627. The highest BCUT2D eigenvalue weighted by molar-refractivity contribution is 5.89. The Kier molecular flexibility index (Phi) is 4.92. The summed E-state index contributed by atoms with van der Waals surface area (Å²) in [6.07, 6.45) is 3.15. The van der Waals surface area contributed by atoms with Crippen molar-refractivity contribution in [1.29, 1.82) is 0 Å². The lowest BCUT2D eigenvalue weighted by atomic mass is 10.1. The molecule has 1 atom stereocenters. The van der Waals surface area contributed by atoms with Gasteiger partial charge in [0.15, 0.2) is 0 Å². The molecule has 0 aromatic heterocycles. The van der Waals surface area contributed by atoms with Gasteiger partial charge in [-0.3, -0.25) is 9.59 Å². The van der Waals surface area contributed by atoms with E-state index in [1.807, 2.05) is 23.1 Å². The molecule has 6 heteroatoms. The fourth-order valence-electron chi connectivity index (χ4n) is 3.19. The third-order valence-electron chi connectivity index (χ3n) is 4.70. The largest absolute Gasteiger partial charge is 0.497 e. The van der Waals surface area contributed by atoms with Crippen molar-refractivity contribution in [1.82, 2.24) is 10.2 Å². The molecule has 1 saturated heterocycles. The summed E-state index contributed by atoms with van der Waals surface area (Å²) in [4.78, 5) is 26.1. The Hall–Kier alpha value is -2.24. The van der Waals surface area contributed by atoms with Crippen LogP contribution in [0.5, 0.6) is 11.5 Å². The van der Waals surface area contributed by atoms with Crippen LogP contribution in [0.4, 0.5) is 0 Å². The standard InChI is InChI=1S/C18H24N2O4/c1-23-15-5-6-16(24-2)12(9-15)7-8-19-18(22)13-10-17(21)20(11-13)14-3-4-14/h5-6,9,13-14H,3-4,7-8,10-11H2,1-2H3,(H,19,22). The third kappa shape index (κ3) is 3.63. The van der Waals surface area contributed by atoms with Gasteiger partial charge < -0.3 is 19.7 Å². The van der Waals surface area contributed by atoms with Gasteiger partial charge >= 0.3 is 0 Å². The van der Waals surface area contributed by atoms with Crippen molar-refractivity contribution in [2.45, 2.75) is 31.7 Å². The fraction of sp³-hybridized carbons (Fsp3) is 0.556. The van der Waals surface area contributed by atoms with Gasteiger partial charge in [0.25, 0.3) is 0 Å². The van der Waals surface area contributed by atoms with Gasteiger partial charge in [-0.2, -0.15) is 0 Å². The van der Waals surface area contributed by atoms with E-state index in [1.54, 1.807) is 14.2 Å². The second-order valence-electron chi connectivity index (χ2n) is 6.40. The first kappa shape index (κ1) is 16.6. The molecule has 1 N–H and O–H groups in total. The number of carbonyl (C=O) groups is 2. The number of nitrogens with zero attached hydrogens (tertiary/aromatic N) is 1. The number of nitrogens with one attached hydrogen (secondary N) is 1. The number of methoxy groups -OCH3 is 2. The minimum Gasteiger partial charge on any atom is -0.497 e. The molecule has 3 rings (SSSR count). The van der Waals surface area contributed by atoms with Crippen LogP contribution < -0.4 is 14.8 Å². The van der Waals surface area contributed by atoms with Crippen molar-refractivity contribution < 1.29 is 19.1 Å². The van der Waals surface area contributed by atoms with Gasteiger partial charge in [-0.25, -0.2) is 0 Å². The van der Waals surface area contributed by atoms with Crippen LogP contribution >= 0.6 is 0 Å². The van der Waals surface area contributed by atoms with Crippen molar-refractivity contribution in [3.8, 4) is 11.5 Å². The van der Waals surface area contributed by atoms with E-state index in [9.17, 15) is 9.59 Å². The summed E-state index contributed by atoms with van der Waals surface area (Å²) >= 11 is 0. The molecule has 1 aromatic carbocycles. The highest BCUT2D eigenvalue weighted by Gasteiger charge is 2.41. The lowest BCUT2D eigenvalue weighted by molar-refractivity contribution is -0.129. The summed E-state index contributed by atoms with van der Waals surface area (Å²) in [5.74, 6) is 1.41. The van der Waals surface area contributed by atoms with Gasteiger partial charge in [-0.1, -0.05) is 0 Å². The van der Waals surface area contributed by atoms with Gasteiger partial charge in [0.2, 0.25) is 11.8 Å². The first-order chi connectivity index (χ1) is 11.6. The van der Waals surface area contributed by atoms with E-state index < -0.39 is 0 Å². The molecule has 1 aliphatic carbocycles. The lowest BCUT2D eigenvalue weighted by Gasteiger charge is -2.15. The summed E-state index contributed by atoms with van der Waals surface area (Å²) < 4.78 is 10.6. The first-order valence-electron chi connectivity index (χ1n) is 8.40. The topological polar surface area (TPSA) is 67.9 Å². The molecule has 6 nitrogen and oxygen atoms in total. The normalized spacial score (nSPS) is 20.2. The molecular weight excluding hydrogens is 308 g/mol. The van der Waals surface area contributed by atoms with E-state index in [2.05, 4.69) is 5.32 Å². The fourth-order valence-corrected chi connectivity index (χ4v) is 3.19. The van der Waals surface area contributed by atoms with Crippen molar-refractivity contribution in [2.24, 2.45) is 5.92 Å². The van der Waals surface area contributed by atoms with Crippen LogP contribution in [-0.4, -0.2) is 50.1 Å². The smallest absolute Gasteiger partial charge is 0.225 e. The van der Waals surface area contributed by atoms with Crippen LogP contribution in [0.2, 0.25) is 0 Å². The summed E-state index contributed by atoms with van der Waals surface area (Å²) in [5.41, 5.74) is 0.985. The molecule has 1 unspecified atom stereocenters. The highest BCUT2D eigenvalue weighted by Crippen LogP contribution is 2.32. The molecule has 130 valence electrons. The highest BCUT2D eigenvalue weighted by atomic mass is 16.5. The third-order valence-corrected chi connectivity index (χ3v) is 4.70. The Morgan fingerprint density at radius 1 is 1.29 bits per heavy atom. The van der Waals surface area contributed by atoms with Crippen LogP contribution in [0.15, 0.2) is 18.2 Å². The summed E-state index contributed by atoms with van der Waals surface area (Å²) in [6.45, 7) is 1.08. The number of hydrogen-bond acceptors (Lipinski definition) is 4. The number of hydrogen-bond donors (Lipinski definition) is 1. The number of carbonyl (C=O) groups excluding carboxylic acids is 2. The minimum absolute atomic E-state index is 0.0339. The Labute approximate surface area is 142 Å². The average molecular weight is 332 g/mol. The number of amides is 2. The van der Waals surface area contributed by atoms with Crippen molar-refractivity contribution in [3.05, 3.63) is 23.8 Å². The number of rotatable bonds is 7. The lowest BCUT2D eigenvalue weighted by Crippen LogP contribution is -2.34. The second-order valence-corrected chi connectivity index (χ2v) is 6.40. The van der Waals surface area contributed by atoms with Crippen LogP contribution in [0.1, 0.15) is 24.8 Å². The van der Waals surface area contributed by atoms with E-state index >= 15 is 0 Å². The van der Waals surface area contributed by atoms with E-state index in [-0.39, 0.29) is 17.7 Å². The predicted molar refractivity (Wildman–Crippen MR) is 89.1 cm³/mol. The molecular formula is C18H24N2O4. The molecule has 0 spiro atoms. The molecule has 2 amide bonds. The maximum atomic E-state index is 12.3. The number of benzene rings is 1. The first-order valence-corrected chi connectivity index (χ1v) is 8.40. The second kappa shape index (κ2) is 7.11. The summed E-state index contributed by atoms with van der Waals surface area (Å²) in [5, 5.41) is 2.95. The summed E-state index contributed by atoms with van der Waals surface area (Å²) in [6, 6.07) is 6.01. The van der Waals surface area contributed by atoms with Crippen LogP contribution in [0.3, 0.4) is 0 Å². The maximum absolute atomic E-state index is 12.3. The molecule has 0 radical (unpaired) electrons. The van der Waals surface area contributed by atoms with Gasteiger partial charge in [-0.15, -0.1) is 0 Å². The Morgan fingerprint density at radius 3 is 2.75 bits per heavy atom. The zero-order chi connectivity index (χ0) is 17.1. The van der Waals surface area contributed by atoms with Gasteiger partial charge in [0.05, 0.1) is 20.1 Å². The Balaban J connectivity index is 1.51. The number of ether oxygens (including phenoxy) is 2. The molecule has 1 heterocycles. The SMILES string of the molecule is COc1ccc(OC)c(CCNC(=O)C2CC(=O)N(C3CC3)C2)c1. The van der Waals surface area contributed by atoms with E-state index in [4.69, 9.17) is 9.47 Å². The van der Waals surface area contributed by atoms with Crippen LogP contribution in [0.25, 0.3) is 0 Å². The van der Waals surface area contributed by atoms with Crippen molar-refractivity contribution in [3.63, 3.8) is 0 Å². The monoisotopic (exact) mass is 332 g/mol. The van der Waals surface area contributed by atoms with Crippen LogP contribution in [-0.2, 0) is 16.0 Å². The van der Waals surface area contributed by atoms with Gasteiger partial charge in [0, 0.05) is 25.6 Å². The molecule has 1 saturated carbocycles. The van der Waals surface area contributed by atoms with E-state index in [1.165, 1.54) is 0 Å². The molecule has 2 aliphatic rings. The molecule has 1 aliphatic heterocycles. The van der Waals surface area contributed by atoms with Crippen molar-refractivity contribution in [2.75, 3.05) is 27.3 Å². The Morgan fingerprint density at radius 2 is 2.08 bits per heavy atom. The average Bonchev–Trinajstić information content (AvgIpc) is 3.36. The maximum Gasteiger partial charge on any atom is 0.225 e. The predicted octanol–water partition coefficient (Wildman–Crippen LogP) is 1.37. The van der Waals surface area contributed by atoms with Crippen molar-refractivity contribution >= 4 is 11.8 Å². The van der Waals surface area contributed by atoms with E-state index in [0.29, 0.717) is 32.0 Å². The number of likely N-dealkylation sites (tertiary alicyclic amines) is 1. The molecule has 0 bridgehead atoms. The van der Waals surface area contributed by atoms with Crippen LogP contribution in [0, 0.1) is 5.92 Å². The summed E-state index contributed by atoms with van der Waals surface area (Å²) in [7, 11) is 3.25. The molecule has 1 aromatic rings. The molecule has 24 heavy (non-hydrogen) atoms. The van der Waals surface area contributed by atoms with Gasteiger partial charge in [-0.05, 0) is 43.0 Å². The zero-order valence-electron chi connectivity index (χ0n) is 14.2. The van der Waals surface area contributed by atoms with Gasteiger partial charge in [0.1, 0.15) is 11.5 Å². The quantitative estimate of drug-likeness (QED) is 0.819. The zero-order valence-corrected chi connectivity index (χ0v) is 14.2. The minimum atomic E-state index is -0.217.